The van der Waals surface area contributed by atoms with E-state index in [-0.39, 0.29) is 0 Å². The van der Waals surface area contributed by atoms with E-state index in [9.17, 15) is 0 Å². The quantitative estimate of drug-likeness (QED) is 0.279. The van der Waals surface area contributed by atoms with Crippen LogP contribution in [-0.2, 0) is 4.43 Å². The molecule has 0 radical (unpaired) electrons. The molecule has 2 aliphatic carbocycles. The minimum Gasteiger partial charge on any atom is -0.417 e. The van der Waals surface area contributed by atoms with E-state index < -0.39 is 8.32 Å². The molecule has 0 N–H and O–H groups in total. The maximum atomic E-state index is 6.45. The first-order valence-corrected chi connectivity index (χ1v) is 13.1. The third-order valence-corrected chi connectivity index (χ3v) is 13.0. The fourth-order valence-electron chi connectivity index (χ4n) is 5.33. The van der Waals surface area contributed by atoms with Crippen molar-refractivity contribution in [1.82, 2.24) is 0 Å². The Morgan fingerprint density at radius 3 is 2.38 bits per heavy atom. The molecule has 0 unspecified atom stereocenters. The zero-order valence-electron chi connectivity index (χ0n) is 17.7. The summed E-state index contributed by atoms with van der Waals surface area (Å²) in [6.45, 7) is 24.5. The van der Waals surface area contributed by atoms with Crippen LogP contribution in [-0.4, -0.2) is 14.9 Å². The van der Waals surface area contributed by atoms with Crippen LogP contribution in [0.1, 0.15) is 80.1 Å². The highest BCUT2D eigenvalue weighted by Crippen LogP contribution is 2.67. The van der Waals surface area contributed by atoms with Crippen molar-refractivity contribution in [2.45, 2.75) is 98.2 Å². The van der Waals surface area contributed by atoms with Crippen LogP contribution in [0.4, 0.5) is 0 Å². The molecule has 4 atom stereocenters. The SMILES string of the molecule is C=C(C)[C@@]12CC[C@@H](C)[C@@](C)(CC1)[C@H]2CCCO[Si](C)(C)C(C)(C)C. The molecule has 2 fully saturated rings. The largest absolute Gasteiger partial charge is 0.417 e. The maximum absolute atomic E-state index is 6.45. The normalized spacial score (nSPS) is 36.8. The zero-order valence-corrected chi connectivity index (χ0v) is 18.7. The van der Waals surface area contributed by atoms with Crippen molar-refractivity contribution in [3.63, 3.8) is 0 Å². The van der Waals surface area contributed by atoms with Crippen LogP contribution in [0, 0.1) is 22.7 Å². The molecule has 2 saturated carbocycles. The van der Waals surface area contributed by atoms with Gasteiger partial charge >= 0.3 is 0 Å². The number of hydrogen-bond donors (Lipinski definition) is 0. The van der Waals surface area contributed by atoms with Crippen LogP contribution < -0.4 is 0 Å². The van der Waals surface area contributed by atoms with Gasteiger partial charge in [-0.3, -0.25) is 0 Å². The third kappa shape index (κ3) is 3.30. The summed E-state index contributed by atoms with van der Waals surface area (Å²) in [7, 11) is -1.60. The molecule has 0 spiro atoms. The molecule has 1 nitrogen and oxygen atoms in total. The van der Waals surface area contributed by atoms with E-state index in [0.29, 0.717) is 15.9 Å². The van der Waals surface area contributed by atoms with Gasteiger partial charge in [-0.15, -0.1) is 0 Å². The van der Waals surface area contributed by atoms with E-state index >= 15 is 0 Å². The number of hydrogen-bond acceptors (Lipinski definition) is 1. The Kier molecular flexibility index (Phi) is 5.54. The Morgan fingerprint density at radius 2 is 1.83 bits per heavy atom. The molecule has 2 bridgehead atoms. The van der Waals surface area contributed by atoms with E-state index in [0.717, 1.165) is 18.4 Å². The zero-order chi connectivity index (χ0) is 18.4. The highest BCUT2D eigenvalue weighted by Gasteiger charge is 2.58. The second-order valence-electron chi connectivity index (χ2n) is 10.7. The summed E-state index contributed by atoms with van der Waals surface area (Å²) in [6, 6.07) is 0. The second kappa shape index (κ2) is 6.58. The molecule has 2 aliphatic rings. The smallest absolute Gasteiger partial charge is 0.191 e. The molecule has 0 aromatic rings. The molecule has 140 valence electrons. The third-order valence-electron chi connectivity index (χ3n) is 8.48. The lowest BCUT2D eigenvalue weighted by molar-refractivity contribution is 0.0150. The molecule has 2 heteroatoms. The first kappa shape index (κ1) is 20.2. The van der Waals surface area contributed by atoms with Gasteiger partial charge in [-0.05, 0) is 86.2 Å². The molecule has 0 aromatic heterocycles. The minimum absolute atomic E-state index is 0.316. The summed E-state index contributed by atoms with van der Waals surface area (Å²) in [5, 5.41) is 0.316. The summed E-state index contributed by atoms with van der Waals surface area (Å²) in [4.78, 5) is 0. The van der Waals surface area contributed by atoms with E-state index in [2.05, 4.69) is 61.2 Å². The maximum Gasteiger partial charge on any atom is 0.191 e. The predicted molar refractivity (Wildman–Crippen MR) is 109 cm³/mol. The Bertz CT molecular complexity index is 471. The van der Waals surface area contributed by atoms with Gasteiger partial charge in [0.25, 0.3) is 0 Å². The minimum atomic E-state index is -1.60. The first-order chi connectivity index (χ1) is 10.9. The van der Waals surface area contributed by atoms with Crippen molar-refractivity contribution in [3.05, 3.63) is 12.2 Å². The van der Waals surface area contributed by atoms with Crippen molar-refractivity contribution in [3.8, 4) is 0 Å². The van der Waals surface area contributed by atoms with Crippen LogP contribution in [0.5, 0.6) is 0 Å². The Morgan fingerprint density at radius 1 is 1.21 bits per heavy atom. The lowest BCUT2D eigenvalue weighted by atomic mass is 9.54. The van der Waals surface area contributed by atoms with Gasteiger partial charge < -0.3 is 4.43 Å². The monoisotopic (exact) mass is 350 g/mol. The first-order valence-electron chi connectivity index (χ1n) is 10.2. The van der Waals surface area contributed by atoms with E-state index in [1.165, 1.54) is 44.1 Å². The van der Waals surface area contributed by atoms with Crippen LogP contribution in [0.15, 0.2) is 12.2 Å². The van der Waals surface area contributed by atoms with Gasteiger partial charge in [-0.25, -0.2) is 0 Å². The highest BCUT2D eigenvalue weighted by atomic mass is 28.4. The number of allylic oxidation sites excluding steroid dienone is 1. The average Bonchev–Trinajstić information content (AvgIpc) is 2.67. The Hall–Kier alpha value is -0.0831. The molecule has 2 rings (SSSR count). The second-order valence-corrected chi connectivity index (χ2v) is 15.5. The van der Waals surface area contributed by atoms with Crippen molar-refractivity contribution in [2.75, 3.05) is 6.61 Å². The lowest BCUT2D eigenvalue weighted by Gasteiger charge is -2.50. The molecule has 0 heterocycles. The van der Waals surface area contributed by atoms with Crippen LogP contribution in [0.2, 0.25) is 18.1 Å². The summed E-state index contributed by atoms with van der Waals surface area (Å²) in [6.07, 6.45) is 8.07. The molecule has 0 aromatic carbocycles. The molecule has 0 aliphatic heterocycles. The van der Waals surface area contributed by atoms with Gasteiger partial charge in [0.2, 0.25) is 0 Å². The van der Waals surface area contributed by atoms with Gasteiger partial charge in [0, 0.05) is 6.61 Å². The summed E-state index contributed by atoms with van der Waals surface area (Å²) in [5.41, 5.74) is 2.40. The fourth-order valence-corrected chi connectivity index (χ4v) is 6.41. The van der Waals surface area contributed by atoms with Gasteiger partial charge in [0.15, 0.2) is 8.32 Å². The lowest BCUT2D eigenvalue weighted by Crippen LogP contribution is -2.43. The molecular weight excluding hydrogens is 308 g/mol. The molecular formula is C22H42OSi. The van der Waals surface area contributed by atoms with Gasteiger partial charge in [0.1, 0.15) is 0 Å². The fraction of sp³-hybridized carbons (Fsp3) is 0.909. The summed E-state index contributed by atoms with van der Waals surface area (Å²) in [5.74, 6) is 1.67. The summed E-state index contributed by atoms with van der Waals surface area (Å²) < 4.78 is 6.45. The predicted octanol–water partition coefficient (Wildman–Crippen LogP) is 7.20. The molecule has 24 heavy (non-hydrogen) atoms. The number of fused-ring (bicyclic) bond motifs is 2. The summed E-state index contributed by atoms with van der Waals surface area (Å²) >= 11 is 0. The van der Waals surface area contributed by atoms with Crippen LogP contribution >= 0.6 is 0 Å². The van der Waals surface area contributed by atoms with Gasteiger partial charge in [-0.1, -0.05) is 46.8 Å². The van der Waals surface area contributed by atoms with Crippen LogP contribution in [0.3, 0.4) is 0 Å². The Labute approximate surface area is 152 Å². The van der Waals surface area contributed by atoms with Gasteiger partial charge in [-0.2, -0.15) is 0 Å². The van der Waals surface area contributed by atoms with Crippen molar-refractivity contribution in [2.24, 2.45) is 22.7 Å². The number of rotatable bonds is 6. The van der Waals surface area contributed by atoms with E-state index in [1.807, 2.05) is 0 Å². The van der Waals surface area contributed by atoms with E-state index in [1.54, 1.807) is 0 Å². The highest BCUT2D eigenvalue weighted by molar-refractivity contribution is 6.74. The van der Waals surface area contributed by atoms with Crippen molar-refractivity contribution >= 4 is 8.32 Å². The van der Waals surface area contributed by atoms with Crippen molar-refractivity contribution in [1.29, 1.82) is 0 Å². The molecule has 0 amide bonds. The van der Waals surface area contributed by atoms with Gasteiger partial charge in [0.05, 0.1) is 0 Å². The average molecular weight is 351 g/mol. The Balaban J connectivity index is 2.01. The van der Waals surface area contributed by atoms with E-state index in [4.69, 9.17) is 4.43 Å². The van der Waals surface area contributed by atoms with Crippen molar-refractivity contribution < 1.29 is 4.43 Å². The topological polar surface area (TPSA) is 9.23 Å². The molecule has 0 saturated heterocycles. The standard InChI is InChI=1S/C22H42OSi/c1-17(2)22-13-12-18(3)21(7,14-15-22)19(22)11-10-16-23-24(8,9)20(4,5)6/h18-19H,1,10-16H2,2-9H3/t18-,19-,21-,22-/m1/s1. The van der Waals surface area contributed by atoms with Crippen LogP contribution in [0.25, 0.3) is 0 Å².